The second kappa shape index (κ2) is 6.52. The third-order valence-electron chi connectivity index (χ3n) is 3.18. The number of carboxylic acids is 1. The highest BCUT2D eigenvalue weighted by atomic mass is 32.1. The van der Waals surface area contributed by atoms with Crippen molar-refractivity contribution in [1.29, 1.82) is 0 Å². The van der Waals surface area contributed by atoms with Crippen molar-refractivity contribution in [3.8, 4) is 0 Å². The minimum atomic E-state index is -0.841. The monoisotopic (exact) mass is 309 g/mol. The van der Waals surface area contributed by atoms with Crippen LogP contribution in [0.25, 0.3) is 0 Å². The molecule has 2 N–H and O–H groups in total. The SMILES string of the molecule is Cc1ccc(CC(C)NCc2cc(C(=O)O)sc2C)s1. The van der Waals surface area contributed by atoms with Gasteiger partial charge in [0.1, 0.15) is 4.88 Å². The zero-order valence-electron chi connectivity index (χ0n) is 11.9. The van der Waals surface area contributed by atoms with Crippen molar-refractivity contribution in [2.24, 2.45) is 0 Å². The highest BCUT2D eigenvalue weighted by Crippen LogP contribution is 2.22. The van der Waals surface area contributed by atoms with E-state index < -0.39 is 5.97 Å². The maximum Gasteiger partial charge on any atom is 0.345 e. The first kappa shape index (κ1) is 15.2. The van der Waals surface area contributed by atoms with E-state index in [0.717, 1.165) is 23.4 Å². The van der Waals surface area contributed by atoms with Gasteiger partial charge < -0.3 is 10.4 Å². The van der Waals surface area contributed by atoms with Crippen LogP contribution < -0.4 is 5.32 Å². The van der Waals surface area contributed by atoms with Crippen LogP contribution in [0.1, 0.15) is 36.8 Å². The fraction of sp³-hybridized carbons (Fsp3) is 0.400. The number of rotatable bonds is 6. The molecule has 0 aromatic carbocycles. The summed E-state index contributed by atoms with van der Waals surface area (Å²) in [6.07, 6.45) is 1.01. The molecule has 0 saturated carbocycles. The molecule has 1 unspecified atom stereocenters. The van der Waals surface area contributed by atoms with Gasteiger partial charge in [0.2, 0.25) is 0 Å². The zero-order valence-corrected chi connectivity index (χ0v) is 13.5. The van der Waals surface area contributed by atoms with Crippen LogP contribution in [0.3, 0.4) is 0 Å². The number of hydrogen-bond acceptors (Lipinski definition) is 4. The molecule has 0 bridgehead atoms. The Bertz CT molecular complexity index is 601. The third-order valence-corrected chi connectivity index (χ3v) is 5.28. The van der Waals surface area contributed by atoms with E-state index >= 15 is 0 Å². The molecule has 0 radical (unpaired) electrons. The number of thiophene rings is 2. The minimum Gasteiger partial charge on any atom is -0.477 e. The molecule has 0 aliphatic rings. The maximum absolute atomic E-state index is 10.9. The van der Waals surface area contributed by atoms with Gasteiger partial charge in [0.15, 0.2) is 0 Å². The zero-order chi connectivity index (χ0) is 14.7. The number of aryl methyl sites for hydroxylation is 2. The Morgan fingerprint density at radius 3 is 2.65 bits per heavy atom. The summed E-state index contributed by atoms with van der Waals surface area (Å²) in [5, 5.41) is 12.5. The molecule has 0 spiro atoms. The summed E-state index contributed by atoms with van der Waals surface area (Å²) in [4.78, 5) is 15.2. The predicted octanol–water partition coefficient (Wildman–Crippen LogP) is 3.85. The molecule has 2 aromatic heterocycles. The van der Waals surface area contributed by atoms with Crippen molar-refractivity contribution in [2.75, 3.05) is 0 Å². The summed E-state index contributed by atoms with van der Waals surface area (Å²) >= 11 is 3.18. The van der Waals surface area contributed by atoms with Gasteiger partial charge in [0.25, 0.3) is 0 Å². The second-order valence-corrected chi connectivity index (χ2v) is 7.62. The lowest BCUT2D eigenvalue weighted by atomic mass is 10.2. The molecule has 0 fully saturated rings. The number of hydrogen-bond donors (Lipinski definition) is 2. The van der Waals surface area contributed by atoms with E-state index in [0.29, 0.717) is 10.9 Å². The highest BCUT2D eigenvalue weighted by molar-refractivity contribution is 7.14. The van der Waals surface area contributed by atoms with Crippen LogP contribution in [0.2, 0.25) is 0 Å². The summed E-state index contributed by atoms with van der Waals surface area (Å²) in [5.74, 6) is -0.841. The fourth-order valence-electron chi connectivity index (χ4n) is 2.05. The molecule has 2 rings (SSSR count). The van der Waals surface area contributed by atoms with Gasteiger partial charge in [-0.3, -0.25) is 0 Å². The van der Waals surface area contributed by atoms with E-state index in [1.54, 1.807) is 6.07 Å². The van der Waals surface area contributed by atoms with Gasteiger partial charge in [-0.2, -0.15) is 0 Å². The van der Waals surface area contributed by atoms with Gasteiger partial charge in [0, 0.05) is 27.2 Å². The van der Waals surface area contributed by atoms with E-state index in [9.17, 15) is 4.79 Å². The fourth-order valence-corrected chi connectivity index (χ4v) is 3.95. The van der Waals surface area contributed by atoms with E-state index in [1.807, 2.05) is 18.3 Å². The van der Waals surface area contributed by atoms with Crippen molar-refractivity contribution in [1.82, 2.24) is 5.32 Å². The van der Waals surface area contributed by atoms with Crippen LogP contribution in [0, 0.1) is 13.8 Å². The largest absolute Gasteiger partial charge is 0.477 e. The van der Waals surface area contributed by atoms with E-state index in [-0.39, 0.29) is 0 Å². The normalized spacial score (nSPS) is 12.6. The van der Waals surface area contributed by atoms with E-state index in [4.69, 9.17) is 5.11 Å². The Hall–Kier alpha value is -1.17. The Kier molecular flexibility index (Phi) is 4.96. The van der Waals surface area contributed by atoms with Crippen LogP contribution in [0.5, 0.6) is 0 Å². The maximum atomic E-state index is 10.9. The van der Waals surface area contributed by atoms with Gasteiger partial charge in [-0.05, 0) is 51.0 Å². The first-order valence-corrected chi connectivity index (χ1v) is 8.20. The van der Waals surface area contributed by atoms with Crippen molar-refractivity contribution >= 4 is 28.6 Å². The topological polar surface area (TPSA) is 49.3 Å². The number of carboxylic acid groups (broad SMARTS) is 1. The smallest absolute Gasteiger partial charge is 0.345 e. The van der Waals surface area contributed by atoms with Crippen molar-refractivity contribution in [3.63, 3.8) is 0 Å². The summed E-state index contributed by atoms with van der Waals surface area (Å²) in [5.41, 5.74) is 1.08. The molecule has 108 valence electrons. The third kappa shape index (κ3) is 3.91. The molecule has 3 nitrogen and oxygen atoms in total. The number of carbonyl (C=O) groups is 1. The van der Waals surface area contributed by atoms with Crippen molar-refractivity contribution < 1.29 is 9.90 Å². The molecule has 20 heavy (non-hydrogen) atoms. The van der Waals surface area contributed by atoms with Crippen molar-refractivity contribution in [3.05, 3.63) is 43.3 Å². The summed E-state index contributed by atoms with van der Waals surface area (Å²) in [6.45, 7) is 6.98. The van der Waals surface area contributed by atoms with E-state index in [2.05, 4.69) is 31.3 Å². The molecular weight excluding hydrogens is 290 g/mol. The molecule has 1 atom stereocenters. The molecule has 0 aliphatic carbocycles. The average Bonchev–Trinajstić information content (AvgIpc) is 2.93. The van der Waals surface area contributed by atoms with Crippen LogP contribution in [-0.2, 0) is 13.0 Å². The van der Waals surface area contributed by atoms with Gasteiger partial charge >= 0.3 is 5.97 Å². The minimum absolute atomic E-state index is 0.376. The molecular formula is C15H19NO2S2. The first-order valence-electron chi connectivity index (χ1n) is 6.57. The Balaban J connectivity index is 1.89. The summed E-state index contributed by atoms with van der Waals surface area (Å²) in [6, 6.07) is 6.48. The van der Waals surface area contributed by atoms with Gasteiger partial charge in [-0.25, -0.2) is 4.79 Å². The average molecular weight is 309 g/mol. The molecule has 0 saturated heterocycles. The lowest BCUT2D eigenvalue weighted by Gasteiger charge is -2.12. The van der Waals surface area contributed by atoms with Crippen LogP contribution in [0.4, 0.5) is 0 Å². The lowest BCUT2D eigenvalue weighted by molar-refractivity contribution is 0.0702. The Labute approximate surface area is 127 Å². The van der Waals surface area contributed by atoms with Gasteiger partial charge in [-0.15, -0.1) is 22.7 Å². The van der Waals surface area contributed by atoms with Gasteiger partial charge in [-0.1, -0.05) is 0 Å². The van der Waals surface area contributed by atoms with Crippen LogP contribution >= 0.6 is 22.7 Å². The number of aromatic carboxylic acids is 1. The second-order valence-electron chi connectivity index (χ2n) is 5.00. The summed E-state index contributed by atoms with van der Waals surface area (Å²) in [7, 11) is 0. The lowest BCUT2D eigenvalue weighted by Crippen LogP contribution is -2.27. The highest BCUT2D eigenvalue weighted by Gasteiger charge is 2.12. The van der Waals surface area contributed by atoms with Crippen molar-refractivity contribution in [2.45, 2.75) is 39.8 Å². The van der Waals surface area contributed by atoms with Crippen LogP contribution in [0.15, 0.2) is 18.2 Å². The summed E-state index contributed by atoms with van der Waals surface area (Å²) < 4.78 is 0. The Morgan fingerprint density at radius 1 is 1.35 bits per heavy atom. The predicted molar refractivity (Wildman–Crippen MR) is 85.1 cm³/mol. The number of nitrogens with one attached hydrogen (secondary N) is 1. The molecule has 5 heteroatoms. The van der Waals surface area contributed by atoms with Gasteiger partial charge in [0.05, 0.1) is 0 Å². The molecule has 2 aromatic rings. The standard InChI is InChI=1S/C15H19NO2S2/c1-9(6-13-5-4-10(2)19-13)16-8-12-7-14(15(17)18)20-11(12)3/h4-5,7,9,16H,6,8H2,1-3H3,(H,17,18). The quantitative estimate of drug-likeness (QED) is 0.852. The molecule has 2 heterocycles. The molecule has 0 aliphatic heterocycles. The molecule has 0 amide bonds. The van der Waals surface area contributed by atoms with Crippen LogP contribution in [-0.4, -0.2) is 17.1 Å². The Morgan fingerprint density at radius 2 is 2.10 bits per heavy atom. The van der Waals surface area contributed by atoms with E-state index in [1.165, 1.54) is 21.1 Å². The first-order chi connectivity index (χ1) is 9.45.